The van der Waals surface area contributed by atoms with Crippen molar-refractivity contribution in [3.63, 3.8) is 0 Å². The molecule has 8 heteroatoms. The van der Waals surface area contributed by atoms with Crippen molar-refractivity contribution in [3.05, 3.63) is 108 Å². The van der Waals surface area contributed by atoms with Gasteiger partial charge in [-0.25, -0.2) is 0 Å². The zero-order chi connectivity index (χ0) is 25.5. The van der Waals surface area contributed by atoms with Crippen LogP contribution in [-0.2, 0) is 30.7 Å². The van der Waals surface area contributed by atoms with Gasteiger partial charge in [0.05, 0.1) is 0 Å². The number of nitrogens with zero attached hydrogens (tertiary/aromatic N) is 4. The summed E-state index contributed by atoms with van der Waals surface area (Å²) in [6, 6.07) is 25.9. The van der Waals surface area contributed by atoms with Crippen LogP contribution in [0.5, 0.6) is 5.75 Å². The molecule has 2 aromatic heterocycles. The number of aryl methyl sites for hydroxylation is 2. The Bertz CT molecular complexity index is 1430. The van der Waals surface area contributed by atoms with Crippen molar-refractivity contribution in [2.75, 3.05) is 6.54 Å². The maximum absolute atomic E-state index is 13.1. The zero-order valence-corrected chi connectivity index (χ0v) is 20.8. The van der Waals surface area contributed by atoms with Crippen LogP contribution >= 0.6 is 0 Å². The molecule has 1 unspecified atom stereocenters. The van der Waals surface area contributed by atoms with E-state index in [4.69, 9.17) is 4.74 Å². The quantitative estimate of drug-likeness (QED) is 0.283. The molecule has 1 atom stereocenters. The summed E-state index contributed by atoms with van der Waals surface area (Å²) in [7, 11) is 0. The highest BCUT2D eigenvalue weighted by molar-refractivity contribution is 5.88. The molecule has 188 valence electrons. The standard InChI is InChI=1S/C29H30N6O2/c1-21(29(36)30-17-16-22-8-4-2-5-9-22)35-19-24(12-15-28-31-33-34-32-28)26-18-25(13-14-27(26)35)37-20-23-10-6-3-7-11-23/h2-11,13-14,18-19,21H,12,15-17,20H2,1H3,(H,30,36)(H,31,32,33,34). The van der Waals surface area contributed by atoms with E-state index in [2.05, 4.69) is 50.3 Å². The second-order valence-corrected chi connectivity index (χ2v) is 9.05. The van der Waals surface area contributed by atoms with E-state index in [0.717, 1.165) is 34.2 Å². The van der Waals surface area contributed by atoms with E-state index in [0.29, 0.717) is 31.8 Å². The summed E-state index contributed by atoms with van der Waals surface area (Å²) in [4.78, 5) is 13.1. The normalized spacial score (nSPS) is 11.9. The van der Waals surface area contributed by atoms with Crippen molar-refractivity contribution in [3.8, 4) is 5.75 Å². The number of nitrogens with one attached hydrogen (secondary N) is 2. The molecule has 0 saturated heterocycles. The third-order valence-electron chi connectivity index (χ3n) is 6.49. The van der Waals surface area contributed by atoms with Crippen LogP contribution in [0.2, 0.25) is 0 Å². The van der Waals surface area contributed by atoms with Crippen LogP contribution < -0.4 is 10.1 Å². The molecule has 3 aromatic carbocycles. The highest BCUT2D eigenvalue weighted by Crippen LogP contribution is 2.30. The first-order chi connectivity index (χ1) is 18.2. The number of aromatic amines is 1. The SMILES string of the molecule is CC(C(=O)NCCc1ccccc1)n1cc(CCc2nn[nH]n2)c2cc(OCc3ccccc3)ccc21. The minimum absolute atomic E-state index is 0.0121. The third-order valence-corrected chi connectivity index (χ3v) is 6.49. The van der Waals surface area contributed by atoms with Gasteiger partial charge in [0, 0.05) is 30.1 Å². The molecular weight excluding hydrogens is 464 g/mol. The molecule has 0 spiro atoms. The number of carbonyl (C=O) groups excluding carboxylic acids is 1. The smallest absolute Gasteiger partial charge is 0.242 e. The number of hydrogen-bond donors (Lipinski definition) is 2. The first-order valence-corrected chi connectivity index (χ1v) is 12.5. The highest BCUT2D eigenvalue weighted by atomic mass is 16.5. The largest absolute Gasteiger partial charge is 0.489 e. The molecule has 0 aliphatic carbocycles. The van der Waals surface area contributed by atoms with E-state index in [9.17, 15) is 4.79 Å². The molecular formula is C29H30N6O2. The van der Waals surface area contributed by atoms with Gasteiger partial charge in [-0.2, -0.15) is 5.21 Å². The maximum atomic E-state index is 13.1. The minimum atomic E-state index is -0.367. The van der Waals surface area contributed by atoms with E-state index >= 15 is 0 Å². The Labute approximate surface area is 215 Å². The molecule has 37 heavy (non-hydrogen) atoms. The first-order valence-electron chi connectivity index (χ1n) is 12.5. The van der Waals surface area contributed by atoms with Crippen LogP contribution in [0.15, 0.2) is 85.1 Å². The average Bonchev–Trinajstić information content (AvgIpc) is 3.59. The van der Waals surface area contributed by atoms with Gasteiger partial charge < -0.3 is 14.6 Å². The third kappa shape index (κ3) is 6.03. The average molecular weight is 495 g/mol. The molecule has 0 radical (unpaired) electrons. The van der Waals surface area contributed by atoms with Crippen LogP contribution in [-0.4, -0.2) is 37.6 Å². The summed E-state index contributed by atoms with van der Waals surface area (Å²) in [5.41, 5.74) is 4.40. The Hall–Kier alpha value is -4.46. The number of aromatic nitrogens is 5. The summed E-state index contributed by atoms with van der Waals surface area (Å²) in [6.45, 7) is 3.01. The van der Waals surface area contributed by atoms with Crippen LogP contribution in [0, 0.1) is 0 Å². The molecule has 2 N–H and O–H groups in total. The summed E-state index contributed by atoms with van der Waals surface area (Å²) >= 11 is 0. The molecule has 2 heterocycles. The van der Waals surface area contributed by atoms with Gasteiger partial charge in [0.1, 0.15) is 18.4 Å². The lowest BCUT2D eigenvalue weighted by molar-refractivity contribution is -0.123. The van der Waals surface area contributed by atoms with Crippen molar-refractivity contribution >= 4 is 16.8 Å². The zero-order valence-electron chi connectivity index (χ0n) is 20.8. The van der Waals surface area contributed by atoms with Crippen molar-refractivity contribution in [1.29, 1.82) is 0 Å². The Morgan fingerprint density at radius 2 is 1.73 bits per heavy atom. The van der Waals surface area contributed by atoms with Gasteiger partial charge in [-0.05, 0) is 54.7 Å². The second-order valence-electron chi connectivity index (χ2n) is 9.05. The second kappa shape index (κ2) is 11.5. The van der Waals surface area contributed by atoms with Gasteiger partial charge in [-0.3, -0.25) is 4.79 Å². The number of fused-ring (bicyclic) bond motifs is 1. The number of hydrogen-bond acceptors (Lipinski definition) is 5. The van der Waals surface area contributed by atoms with E-state index < -0.39 is 0 Å². The number of ether oxygens (including phenoxy) is 1. The number of rotatable bonds is 11. The first kappa shape index (κ1) is 24.2. The van der Waals surface area contributed by atoms with Gasteiger partial charge >= 0.3 is 0 Å². The summed E-state index contributed by atoms with van der Waals surface area (Å²) in [5.74, 6) is 1.43. The Morgan fingerprint density at radius 1 is 0.973 bits per heavy atom. The van der Waals surface area contributed by atoms with Crippen molar-refractivity contribution < 1.29 is 9.53 Å². The lowest BCUT2D eigenvalue weighted by Crippen LogP contribution is -2.32. The van der Waals surface area contributed by atoms with Crippen molar-refractivity contribution in [2.45, 2.75) is 38.8 Å². The van der Waals surface area contributed by atoms with Crippen LogP contribution in [0.25, 0.3) is 10.9 Å². The predicted molar refractivity (Wildman–Crippen MR) is 142 cm³/mol. The van der Waals surface area contributed by atoms with E-state index in [1.54, 1.807) is 0 Å². The fraction of sp³-hybridized carbons (Fsp3) is 0.241. The molecule has 0 saturated carbocycles. The van der Waals surface area contributed by atoms with Crippen LogP contribution in [0.3, 0.4) is 0 Å². The summed E-state index contributed by atoms with van der Waals surface area (Å²) in [5, 5.41) is 18.5. The predicted octanol–water partition coefficient (Wildman–Crippen LogP) is 4.44. The van der Waals surface area contributed by atoms with Gasteiger partial charge in [-0.15, -0.1) is 10.2 Å². The number of carbonyl (C=O) groups is 1. The fourth-order valence-electron chi connectivity index (χ4n) is 4.44. The lowest BCUT2D eigenvalue weighted by atomic mass is 10.1. The summed E-state index contributed by atoms with van der Waals surface area (Å²) in [6.07, 6.45) is 4.22. The number of H-pyrrole nitrogens is 1. The fourth-order valence-corrected chi connectivity index (χ4v) is 4.44. The van der Waals surface area contributed by atoms with E-state index in [1.807, 2.05) is 72.2 Å². The minimum Gasteiger partial charge on any atom is -0.489 e. The van der Waals surface area contributed by atoms with Gasteiger partial charge in [0.25, 0.3) is 0 Å². The van der Waals surface area contributed by atoms with Crippen LogP contribution in [0.4, 0.5) is 0 Å². The molecule has 1 amide bonds. The molecule has 5 rings (SSSR count). The topological polar surface area (TPSA) is 97.7 Å². The number of tetrazole rings is 1. The molecule has 0 aliphatic heterocycles. The maximum Gasteiger partial charge on any atom is 0.242 e. The van der Waals surface area contributed by atoms with Crippen molar-refractivity contribution in [2.24, 2.45) is 0 Å². The monoisotopic (exact) mass is 494 g/mol. The van der Waals surface area contributed by atoms with Gasteiger partial charge in [-0.1, -0.05) is 65.9 Å². The number of amides is 1. The molecule has 0 aliphatic rings. The van der Waals surface area contributed by atoms with Crippen LogP contribution in [0.1, 0.15) is 35.5 Å². The van der Waals surface area contributed by atoms with Gasteiger partial charge in [0.15, 0.2) is 5.82 Å². The number of benzene rings is 3. The Balaban J connectivity index is 1.34. The molecule has 5 aromatic rings. The van der Waals surface area contributed by atoms with E-state index in [1.165, 1.54) is 5.56 Å². The summed E-state index contributed by atoms with van der Waals surface area (Å²) < 4.78 is 8.13. The molecule has 0 fully saturated rings. The van der Waals surface area contributed by atoms with Crippen molar-refractivity contribution in [1.82, 2.24) is 30.5 Å². The van der Waals surface area contributed by atoms with E-state index in [-0.39, 0.29) is 11.9 Å². The Morgan fingerprint density at radius 3 is 2.46 bits per heavy atom. The Kier molecular flexibility index (Phi) is 7.55. The highest BCUT2D eigenvalue weighted by Gasteiger charge is 2.19. The lowest BCUT2D eigenvalue weighted by Gasteiger charge is -2.16. The molecule has 0 bridgehead atoms. The molecule has 8 nitrogen and oxygen atoms in total. The van der Waals surface area contributed by atoms with Gasteiger partial charge in [0.2, 0.25) is 5.91 Å².